The van der Waals surface area contributed by atoms with Crippen LogP contribution in [0, 0.1) is 22.7 Å². The summed E-state index contributed by atoms with van der Waals surface area (Å²) in [6, 6.07) is 20.9. The summed E-state index contributed by atoms with van der Waals surface area (Å²) >= 11 is 0. The highest BCUT2D eigenvalue weighted by atomic mass is 15.0. The number of nitriles is 2. The van der Waals surface area contributed by atoms with Crippen molar-refractivity contribution < 1.29 is 0 Å². The molecule has 0 aliphatic carbocycles. The number of rotatable bonds is 2. The zero-order valence-corrected chi connectivity index (χ0v) is 12.9. The largest absolute Gasteiger partial charge is 0.337 e. The van der Waals surface area contributed by atoms with E-state index >= 15 is 0 Å². The molecule has 0 fully saturated rings. The van der Waals surface area contributed by atoms with E-state index in [1.54, 1.807) is 0 Å². The van der Waals surface area contributed by atoms with Crippen molar-refractivity contribution in [2.45, 2.75) is 0 Å². The third-order valence-electron chi connectivity index (χ3n) is 3.77. The van der Waals surface area contributed by atoms with E-state index in [2.05, 4.69) is 19.9 Å². The topological polar surface area (TPSA) is 102 Å². The molecule has 0 atom stereocenters. The first-order chi connectivity index (χ1) is 12.3. The fraction of sp³-hybridized carbons (Fsp3) is 0. The zero-order valence-electron chi connectivity index (χ0n) is 12.9. The second-order valence-corrected chi connectivity index (χ2v) is 5.31. The Morgan fingerprint density at radius 2 is 1.36 bits per heavy atom. The van der Waals surface area contributed by atoms with Gasteiger partial charge in [0, 0.05) is 5.56 Å². The Bertz CT molecular complexity index is 1130. The number of aromatic nitrogens is 4. The molecular formula is C19H10N6. The van der Waals surface area contributed by atoms with Gasteiger partial charge in [0.2, 0.25) is 0 Å². The summed E-state index contributed by atoms with van der Waals surface area (Å²) in [5.41, 5.74) is 3.39. The van der Waals surface area contributed by atoms with Crippen molar-refractivity contribution >= 4 is 11.0 Å². The first-order valence-corrected chi connectivity index (χ1v) is 7.53. The summed E-state index contributed by atoms with van der Waals surface area (Å²) in [4.78, 5) is 16.5. The number of fused-ring (bicyclic) bond motifs is 1. The highest BCUT2D eigenvalue weighted by Gasteiger charge is 2.19. The van der Waals surface area contributed by atoms with E-state index in [9.17, 15) is 10.5 Å². The molecule has 6 heteroatoms. The van der Waals surface area contributed by atoms with Crippen LogP contribution < -0.4 is 0 Å². The highest BCUT2D eigenvalue weighted by Crippen LogP contribution is 2.29. The standard InChI is InChI=1S/C19H10N6/c20-10-15-16(11-21)23-18(17(22-15)12-6-2-1-3-7-12)19-24-13-8-4-5-9-14(13)25-19/h1-9H,(H,24,25). The van der Waals surface area contributed by atoms with Crippen LogP contribution in [-0.2, 0) is 0 Å². The van der Waals surface area contributed by atoms with Crippen molar-refractivity contribution in [3.63, 3.8) is 0 Å². The van der Waals surface area contributed by atoms with Gasteiger partial charge in [0.05, 0.1) is 11.0 Å². The molecule has 0 spiro atoms. The van der Waals surface area contributed by atoms with E-state index in [0.717, 1.165) is 16.6 Å². The average molecular weight is 322 g/mol. The molecular weight excluding hydrogens is 312 g/mol. The van der Waals surface area contributed by atoms with Crippen molar-refractivity contribution in [3.05, 3.63) is 66.0 Å². The van der Waals surface area contributed by atoms with Gasteiger partial charge in [-0.25, -0.2) is 15.0 Å². The van der Waals surface area contributed by atoms with E-state index in [1.807, 2.05) is 66.7 Å². The SMILES string of the molecule is N#Cc1nc(-c2ccccc2)c(-c2nc3ccccc3[nH]2)nc1C#N. The van der Waals surface area contributed by atoms with E-state index in [0.29, 0.717) is 17.2 Å². The summed E-state index contributed by atoms with van der Waals surface area (Å²) in [5, 5.41) is 18.6. The number of aromatic amines is 1. The van der Waals surface area contributed by atoms with Crippen LogP contribution in [0.1, 0.15) is 11.4 Å². The molecule has 0 saturated heterocycles. The molecule has 0 radical (unpaired) electrons. The quantitative estimate of drug-likeness (QED) is 0.609. The predicted octanol–water partition coefficient (Wildman–Crippen LogP) is 3.43. The molecule has 25 heavy (non-hydrogen) atoms. The minimum absolute atomic E-state index is 0.00112. The number of imidazole rings is 1. The minimum Gasteiger partial charge on any atom is -0.337 e. The summed E-state index contributed by atoms with van der Waals surface area (Å²) in [6.07, 6.45) is 0. The predicted molar refractivity (Wildman–Crippen MR) is 92.0 cm³/mol. The molecule has 0 saturated carbocycles. The number of hydrogen-bond donors (Lipinski definition) is 1. The molecule has 2 heterocycles. The molecule has 1 N–H and O–H groups in total. The average Bonchev–Trinajstić information content (AvgIpc) is 3.11. The molecule has 6 nitrogen and oxygen atoms in total. The molecule has 0 bridgehead atoms. The summed E-state index contributed by atoms with van der Waals surface area (Å²) in [5.74, 6) is 0.508. The molecule has 0 amide bonds. The zero-order chi connectivity index (χ0) is 17.2. The summed E-state index contributed by atoms with van der Waals surface area (Å²) in [6.45, 7) is 0. The lowest BCUT2D eigenvalue weighted by Crippen LogP contribution is -2.02. The van der Waals surface area contributed by atoms with Crippen LogP contribution in [0.3, 0.4) is 0 Å². The summed E-state index contributed by atoms with van der Waals surface area (Å²) in [7, 11) is 0. The molecule has 0 aliphatic rings. The normalized spacial score (nSPS) is 10.3. The van der Waals surface area contributed by atoms with E-state index in [4.69, 9.17) is 0 Å². The fourth-order valence-electron chi connectivity index (χ4n) is 2.62. The van der Waals surface area contributed by atoms with Crippen LogP contribution in [0.15, 0.2) is 54.6 Å². The maximum absolute atomic E-state index is 9.29. The maximum Gasteiger partial charge on any atom is 0.177 e. The molecule has 4 rings (SSSR count). The van der Waals surface area contributed by atoms with Crippen molar-refractivity contribution in [2.75, 3.05) is 0 Å². The fourth-order valence-corrected chi connectivity index (χ4v) is 2.62. The lowest BCUT2D eigenvalue weighted by Gasteiger charge is -2.07. The second-order valence-electron chi connectivity index (χ2n) is 5.31. The maximum atomic E-state index is 9.29. The van der Waals surface area contributed by atoms with Gasteiger partial charge in [0.1, 0.15) is 23.5 Å². The molecule has 0 aliphatic heterocycles. The van der Waals surface area contributed by atoms with Crippen LogP contribution in [-0.4, -0.2) is 19.9 Å². The number of H-pyrrole nitrogens is 1. The van der Waals surface area contributed by atoms with Crippen molar-refractivity contribution in [3.8, 4) is 34.9 Å². The van der Waals surface area contributed by atoms with Crippen LogP contribution in [0.2, 0.25) is 0 Å². The van der Waals surface area contributed by atoms with Crippen molar-refractivity contribution in [1.82, 2.24) is 19.9 Å². The van der Waals surface area contributed by atoms with Gasteiger partial charge in [-0.15, -0.1) is 0 Å². The number of hydrogen-bond acceptors (Lipinski definition) is 5. The number of nitrogens with one attached hydrogen (secondary N) is 1. The Labute approximate surface area is 143 Å². The number of nitrogens with zero attached hydrogens (tertiary/aromatic N) is 5. The van der Waals surface area contributed by atoms with Crippen molar-refractivity contribution in [2.24, 2.45) is 0 Å². The molecule has 0 unspecified atom stereocenters. The lowest BCUT2D eigenvalue weighted by atomic mass is 10.1. The smallest absolute Gasteiger partial charge is 0.177 e. The van der Waals surface area contributed by atoms with Gasteiger partial charge in [0.15, 0.2) is 17.2 Å². The monoisotopic (exact) mass is 322 g/mol. The van der Waals surface area contributed by atoms with Crippen LogP contribution in [0.5, 0.6) is 0 Å². The van der Waals surface area contributed by atoms with Gasteiger partial charge in [0.25, 0.3) is 0 Å². The van der Waals surface area contributed by atoms with Gasteiger partial charge in [-0.3, -0.25) is 0 Å². The van der Waals surface area contributed by atoms with Gasteiger partial charge in [-0.2, -0.15) is 10.5 Å². The Morgan fingerprint density at radius 1 is 0.720 bits per heavy atom. The third kappa shape index (κ3) is 2.48. The molecule has 2 aromatic carbocycles. The van der Waals surface area contributed by atoms with Crippen LogP contribution >= 0.6 is 0 Å². The van der Waals surface area contributed by atoms with Gasteiger partial charge in [-0.05, 0) is 12.1 Å². The van der Waals surface area contributed by atoms with E-state index < -0.39 is 0 Å². The van der Waals surface area contributed by atoms with E-state index in [1.165, 1.54) is 0 Å². The Kier molecular flexibility index (Phi) is 3.42. The Balaban J connectivity index is 2.03. The van der Waals surface area contributed by atoms with Gasteiger partial charge < -0.3 is 4.98 Å². The molecule has 2 aromatic heterocycles. The Hall–Kier alpha value is -4.03. The van der Waals surface area contributed by atoms with Gasteiger partial charge >= 0.3 is 0 Å². The summed E-state index contributed by atoms with van der Waals surface area (Å²) < 4.78 is 0. The molecule has 116 valence electrons. The lowest BCUT2D eigenvalue weighted by molar-refractivity contribution is 1.12. The number of benzene rings is 2. The first kappa shape index (κ1) is 14.6. The number of para-hydroxylation sites is 2. The highest BCUT2D eigenvalue weighted by molar-refractivity contribution is 5.83. The third-order valence-corrected chi connectivity index (χ3v) is 3.77. The van der Waals surface area contributed by atoms with Crippen LogP contribution in [0.4, 0.5) is 0 Å². The second kappa shape index (κ2) is 5.88. The minimum atomic E-state index is -0.0161. The molecule has 4 aromatic rings. The van der Waals surface area contributed by atoms with Gasteiger partial charge in [-0.1, -0.05) is 42.5 Å². The Morgan fingerprint density at radius 3 is 2.04 bits per heavy atom. The van der Waals surface area contributed by atoms with E-state index in [-0.39, 0.29) is 11.4 Å². The van der Waals surface area contributed by atoms with Crippen molar-refractivity contribution in [1.29, 1.82) is 10.5 Å². The first-order valence-electron chi connectivity index (χ1n) is 7.53. The van der Waals surface area contributed by atoms with Crippen LogP contribution in [0.25, 0.3) is 33.8 Å².